The normalized spacial score (nSPS) is 12.2. The van der Waals surface area contributed by atoms with Crippen molar-refractivity contribution >= 4 is 46.3 Å². The molecule has 5 nitrogen and oxygen atoms in total. The van der Waals surface area contributed by atoms with E-state index in [0.29, 0.717) is 17.4 Å². The van der Waals surface area contributed by atoms with Crippen molar-refractivity contribution in [2.24, 2.45) is 0 Å². The Morgan fingerprint density at radius 3 is 2.88 bits per heavy atom. The Bertz CT molecular complexity index is 914. The van der Waals surface area contributed by atoms with Crippen LogP contribution in [0.25, 0.3) is 10.7 Å². The average Bonchev–Trinajstić information content (AvgIpc) is 3.26. The van der Waals surface area contributed by atoms with Gasteiger partial charge in [-0.2, -0.15) is 0 Å². The van der Waals surface area contributed by atoms with E-state index >= 15 is 0 Å². The molecule has 2 aromatic heterocycles. The molecule has 0 aliphatic carbocycles. The monoisotopic (exact) mass is 410 g/mol. The second-order valence-corrected chi connectivity index (χ2v) is 8.06. The van der Waals surface area contributed by atoms with Crippen LogP contribution in [0.4, 0.5) is 10.1 Å². The fourth-order valence-electron chi connectivity index (χ4n) is 2.29. The smallest absolute Gasteiger partial charge is 0.237 e. The Morgan fingerprint density at radius 1 is 1.42 bits per heavy atom. The summed E-state index contributed by atoms with van der Waals surface area (Å²) in [5.74, 6) is 0.0959. The molecule has 1 N–H and O–H groups in total. The summed E-state index contributed by atoms with van der Waals surface area (Å²) in [5.41, 5.74) is 0.377. The fraction of sp³-hybridized carbons (Fsp3) is 0.235. The first kappa shape index (κ1) is 18.9. The van der Waals surface area contributed by atoms with Crippen LogP contribution < -0.4 is 5.32 Å². The number of thiophene rings is 1. The van der Waals surface area contributed by atoms with Gasteiger partial charge in [-0.15, -0.1) is 21.5 Å². The Morgan fingerprint density at radius 2 is 2.23 bits per heavy atom. The molecule has 1 atom stereocenters. The van der Waals surface area contributed by atoms with E-state index in [-0.39, 0.29) is 10.9 Å². The number of thioether (sulfide) groups is 1. The molecule has 2 heterocycles. The van der Waals surface area contributed by atoms with Crippen molar-refractivity contribution in [2.75, 3.05) is 5.32 Å². The zero-order chi connectivity index (χ0) is 18.7. The molecule has 0 aliphatic rings. The van der Waals surface area contributed by atoms with E-state index in [2.05, 4.69) is 15.5 Å². The van der Waals surface area contributed by atoms with Crippen molar-refractivity contribution in [3.8, 4) is 10.7 Å². The second-order valence-electron chi connectivity index (χ2n) is 5.40. The van der Waals surface area contributed by atoms with E-state index in [1.54, 1.807) is 18.3 Å². The number of benzene rings is 1. The van der Waals surface area contributed by atoms with Crippen LogP contribution in [-0.2, 0) is 11.3 Å². The van der Waals surface area contributed by atoms with Crippen LogP contribution in [0.5, 0.6) is 0 Å². The summed E-state index contributed by atoms with van der Waals surface area (Å²) in [5, 5.41) is 13.6. The maximum absolute atomic E-state index is 13.1. The number of amides is 1. The largest absolute Gasteiger partial charge is 0.324 e. The predicted octanol–water partition coefficient (Wildman–Crippen LogP) is 4.94. The molecule has 9 heteroatoms. The zero-order valence-corrected chi connectivity index (χ0v) is 16.5. The molecule has 0 saturated carbocycles. The fourth-order valence-corrected chi connectivity index (χ4v) is 4.13. The Labute approximate surface area is 163 Å². The Hall–Kier alpha value is -1.90. The van der Waals surface area contributed by atoms with Crippen LogP contribution in [0.15, 0.2) is 40.9 Å². The van der Waals surface area contributed by atoms with Gasteiger partial charge < -0.3 is 9.88 Å². The number of hydrogen-bond acceptors (Lipinski definition) is 5. The summed E-state index contributed by atoms with van der Waals surface area (Å²) < 4.78 is 15.1. The SMILES string of the molecule is CCn1c(S[C@@H](C)C(=O)Nc2ccc(F)cc2Cl)nnc1-c1cccs1. The summed E-state index contributed by atoms with van der Waals surface area (Å²) in [6.45, 7) is 4.48. The highest BCUT2D eigenvalue weighted by Crippen LogP contribution is 2.30. The van der Waals surface area contributed by atoms with Gasteiger partial charge in [0.15, 0.2) is 11.0 Å². The van der Waals surface area contributed by atoms with E-state index in [1.165, 1.54) is 23.9 Å². The third-order valence-corrected chi connectivity index (χ3v) is 5.87. The predicted molar refractivity (Wildman–Crippen MR) is 104 cm³/mol. The number of carbonyl (C=O) groups is 1. The van der Waals surface area contributed by atoms with Crippen molar-refractivity contribution in [2.45, 2.75) is 30.8 Å². The summed E-state index contributed by atoms with van der Waals surface area (Å²) in [4.78, 5) is 13.5. The number of aromatic nitrogens is 3. The Balaban J connectivity index is 1.73. The van der Waals surface area contributed by atoms with Crippen molar-refractivity contribution in [3.63, 3.8) is 0 Å². The van der Waals surface area contributed by atoms with Gasteiger partial charge in [0.1, 0.15) is 5.82 Å². The van der Waals surface area contributed by atoms with Crippen LogP contribution >= 0.6 is 34.7 Å². The first-order chi connectivity index (χ1) is 12.5. The third-order valence-electron chi connectivity index (χ3n) is 3.62. The van der Waals surface area contributed by atoms with E-state index in [0.717, 1.165) is 16.8 Å². The van der Waals surface area contributed by atoms with Crippen molar-refractivity contribution in [3.05, 3.63) is 46.6 Å². The summed E-state index contributed by atoms with van der Waals surface area (Å²) in [6.07, 6.45) is 0. The van der Waals surface area contributed by atoms with Gasteiger partial charge in [0, 0.05) is 6.54 Å². The second kappa shape index (κ2) is 8.20. The quantitative estimate of drug-likeness (QED) is 0.585. The van der Waals surface area contributed by atoms with Crippen LogP contribution in [0.1, 0.15) is 13.8 Å². The van der Waals surface area contributed by atoms with Gasteiger partial charge in [-0.1, -0.05) is 29.4 Å². The molecule has 0 radical (unpaired) electrons. The highest BCUT2D eigenvalue weighted by molar-refractivity contribution is 8.00. The standard InChI is InChI=1S/C17H16ClFN4OS2/c1-3-23-15(14-5-4-8-25-14)21-22-17(23)26-10(2)16(24)20-13-7-6-11(19)9-12(13)18/h4-10H,3H2,1-2H3,(H,20,24)/t10-/m0/s1. The number of halogens is 2. The van der Waals surface area contributed by atoms with E-state index in [1.807, 2.05) is 29.0 Å². The summed E-state index contributed by atoms with van der Waals surface area (Å²) in [7, 11) is 0. The average molecular weight is 411 g/mol. The topological polar surface area (TPSA) is 59.8 Å². The van der Waals surface area contributed by atoms with Crippen LogP contribution in [-0.4, -0.2) is 25.9 Å². The van der Waals surface area contributed by atoms with Crippen LogP contribution in [0.3, 0.4) is 0 Å². The highest BCUT2D eigenvalue weighted by atomic mass is 35.5. The van der Waals surface area contributed by atoms with Crippen molar-refractivity contribution < 1.29 is 9.18 Å². The van der Waals surface area contributed by atoms with Gasteiger partial charge in [0.05, 0.1) is 20.8 Å². The lowest BCUT2D eigenvalue weighted by Gasteiger charge is -2.13. The molecular weight excluding hydrogens is 395 g/mol. The van der Waals surface area contributed by atoms with E-state index in [4.69, 9.17) is 11.6 Å². The molecule has 0 unspecified atom stereocenters. The van der Waals surface area contributed by atoms with Gasteiger partial charge in [-0.25, -0.2) is 4.39 Å². The molecule has 0 fully saturated rings. The molecular formula is C17H16ClFN4OS2. The number of hydrogen-bond donors (Lipinski definition) is 1. The molecule has 0 saturated heterocycles. The zero-order valence-electron chi connectivity index (χ0n) is 14.1. The number of carbonyl (C=O) groups excluding carboxylic acids is 1. The first-order valence-electron chi connectivity index (χ1n) is 7.89. The molecule has 26 heavy (non-hydrogen) atoms. The van der Waals surface area contributed by atoms with Crippen LogP contribution in [0, 0.1) is 5.82 Å². The Kier molecular flexibility index (Phi) is 5.95. The lowest BCUT2D eigenvalue weighted by Crippen LogP contribution is -2.23. The molecule has 0 bridgehead atoms. The maximum Gasteiger partial charge on any atom is 0.237 e. The molecule has 3 aromatic rings. The van der Waals surface area contributed by atoms with Gasteiger partial charge in [-0.05, 0) is 43.5 Å². The number of anilines is 1. The van der Waals surface area contributed by atoms with Gasteiger partial charge in [-0.3, -0.25) is 4.79 Å². The number of nitrogens with zero attached hydrogens (tertiary/aromatic N) is 3. The molecule has 1 amide bonds. The molecule has 0 spiro atoms. The number of rotatable bonds is 6. The summed E-state index contributed by atoms with van der Waals surface area (Å²) >= 11 is 8.87. The van der Waals surface area contributed by atoms with Crippen LogP contribution in [0.2, 0.25) is 5.02 Å². The third kappa shape index (κ3) is 4.08. The molecule has 0 aliphatic heterocycles. The molecule has 1 aromatic carbocycles. The summed E-state index contributed by atoms with van der Waals surface area (Å²) in [6, 6.07) is 7.80. The minimum Gasteiger partial charge on any atom is -0.324 e. The minimum absolute atomic E-state index is 0.159. The lowest BCUT2D eigenvalue weighted by molar-refractivity contribution is -0.115. The first-order valence-corrected chi connectivity index (χ1v) is 10.0. The van der Waals surface area contributed by atoms with Gasteiger partial charge in [0.25, 0.3) is 0 Å². The number of nitrogens with one attached hydrogen (secondary N) is 1. The van der Waals surface area contributed by atoms with Gasteiger partial charge in [0.2, 0.25) is 5.91 Å². The highest BCUT2D eigenvalue weighted by Gasteiger charge is 2.21. The van der Waals surface area contributed by atoms with E-state index in [9.17, 15) is 9.18 Å². The van der Waals surface area contributed by atoms with Crippen molar-refractivity contribution in [1.29, 1.82) is 0 Å². The molecule has 136 valence electrons. The maximum atomic E-state index is 13.1. The van der Waals surface area contributed by atoms with Crippen molar-refractivity contribution in [1.82, 2.24) is 14.8 Å². The molecule has 3 rings (SSSR count). The van der Waals surface area contributed by atoms with Gasteiger partial charge >= 0.3 is 0 Å². The van der Waals surface area contributed by atoms with E-state index < -0.39 is 11.1 Å². The lowest BCUT2D eigenvalue weighted by atomic mass is 10.3. The minimum atomic E-state index is -0.451.